The van der Waals surface area contributed by atoms with Crippen molar-refractivity contribution in [2.75, 3.05) is 11.9 Å². The van der Waals surface area contributed by atoms with Crippen LogP contribution < -0.4 is 5.32 Å². The summed E-state index contributed by atoms with van der Waals surface area (Å²) in [5.74, 6) is -0.756. The Labute approximate surface area is 215 Å². The van der Waals surface area contributed by atoms with Crippen LogP contribution in [0.4, 0.5) is 5.00 Å². The number of ether oxygens (including phenoxy) is 1. The zero-order valence-corrected chi connectivity index (χ0v) is 21.2. The van der Waals surface area contributed by atoms with Gasteiger partial charge in [0.05, 0.1) is 16.8 Å². The topological polar surface area (TPSA) is 60.3 Å². The normalized spacial score (nSPS) is 11.0. The highest BCUT2D eigenvalue weighted by molar-refractivity contribution is 7.17. The van der Waals surface area contributed by atoms with Crippen LogP contribution in [0.1, 0.15) is 33.3 Å². The molecule has 35 heavy (non-hydrogen) atoms. The number of benzene rings is 2. The zero-order chi connectivity index (χ0) is 24.4. The average Bonchev–Trinajstić information content (AvgIpc) is 3.56. The van der Waals surface area contributed by atoms with Crippen molar-refractivity contribution < 1.29 is 14.3 Å². The third-order valence-corrected chi connectivity index (χ3v) is 7.59. The number of anilines is 1. The largest absolute Gasteiger partial charge is 0.462 e. The first-order valence-corrected chi connectivity index (χ1v) is 13.2. The summed E-state index contributed by atoms with van der Waals surface area (Å²) in [5.41, 5.74) is 4.49. The average molecular weight is 521 g/mol. The quantitative estimate of drug-likeness (QED) is 0.225. The molecule has 0 bridgehead atoms. The van der Waals surface area contributed by atoms with Gasteiger partial charge in [0.15, 0.2) is 0 Å². The van der Waals surface area contributed by atoms with Crippen molar-refractivity contribution in [3.05, 3.63) is 99.3 Å². The van der Waals surface area contributed by atoms with E-state index in [-0.39, 0.29) is 12.5 Å². The van der Waals surface area contributed by atoms with Gasteiger partial charge in [-0.3, -0.25) is 4.79 Å². The van der Waals surface area contributed by atoms with E-state index in [9.17, 15) is 9.59 Å². The fourth-order valence-corrected chi connectivity index (χ4v) is 5.87. The Morgan fingerprint density at radius 2 is 1.80 bits per heavy atom. The first-order chi connectivity index (χ1) is 17.0. The molecule has 5 rings (SSSR count). The molecule has 3 aromatic heterocycles. The summed E-state index contributed by atoms with van der Waals surface area (Å²) in [6, 6.07) is 21.2. The number of amides is 1. The minimum absolute atomic E-state index is 0.234. The van der Waals surface area contributed by atoms with E-state index in [1.54, 1.807) is 30.4 Å². The molecule has 0 atom stereocenters. The maximum absolute atomic E-state index is 13.5. The molecule has 5 nitrogen and oxygen atoms in total. The summed E-state index contributed by atoms with van der Waals surface area (Å²) in [6.45, 7) is 2.56. The molecule has 0 unspecified atom stereocenters. The number of nitrogens with one attached hydrogen (secondary N) is 1. The molecule has 0 aliphatic rings. The van der Waals surface area contributed by atoms with E-state index in [1.807, 2.05) is 69.9 Å². The Morgan fingerprint density at radius 1 is 1.03 bits per heavy atom. The monoisotopic (exact) mass is 520 g/mol. The van der Waals surface area contributed by atoms with E-state index in [1.165, 1.54) is 11.3 Å². The summed E-state index contributed by atoms with van der Waals surface area (Å²) in [4.78, 5) is 26.4. The second-order valence-electron chi connectivity index (χ2n) is 7.81. The fourth-order valence-electron chi connectivity index (χ4n) is 3.97. The van der Waals surface area contributed by atoms with Gasteiger partial charge in [-0.1, -0.05) is 54.1 Å². The number of aromatic nitrogens is 1. The van der Waals surface area contributed by atoms with Crippen molar-refractivity contribution in [2.24, 2.45) is 0 Å². The Kier molecular flexibility index (Phi) is 6.72. The number of carbonyl (C=O) groups excluding carboxylic acids is 2. The number of rotatable bonds is 7. The summed E-state index contributed by atoms with van der Waals surface area (Å²) >= 11 is 8.93. The molecular weight excluding hydrogens is 500 g/mol. The first-order valence-electron chi connectivity index (χ1n) is 11.0. The van der Waals surface area contributed by atoms with Crippen LogP contribution in [0.3, 0.4) is 0 Å². The van der Waals surface area contributed by atoms with E-state index in [4.69, 9.17) is 16.3 Å². The van der Waals surface area contributed by atoms with E-state index in [2.05, 4.69) is 5.32 Å². The van der Waals surface area contributed by atoms with Gasteiger partial charge in [0.2, 0.25) is 0 Å². The van der Waals surface area contributed by atoms with Gasteiger partial charge in [0.1, 0.15) is 16.3 Å². The second-order valence-corrected chi connectivity index (χ2v) is 10.1. The van der Waals surface area contributed by atoms with Gasteiger partial charge in [0.25, 0.3) is 5.91 Å². The number of esters is 1. The lowest BCUT2D eigenvalue weighted by atomic mass is 10.0. The minimum atomic E-state index is -0.477. The number of hydrogen-bond acceptors (Lipinski definition) is 5. The Bertz CT molecular complexity index is 1500. The first kappa shape index (κ1) is 23.4. The summed E-state index contributed by atoms with van der Waals surface area (Å²) in [5, 5.41) is 7.91. The van der Waals surface area contributed by atoms with Crippen molar-refractivity contribution in [3.8, 4) is 11.1 Å². The van der Waals surface area contributed by atoms with Gasteiger partial charge >= 0.3 is 5.97 Å². The number of nitrogens with zero attached hydrogens (tertiary/aromatic N) is 1. The van der Waals surface area contributed by atoms with Gasteiger partial charge in [-0.15, -0.1) is 22.7 Å². The van der Waals surface area contributed by atoms with Crippen molar-refractivity contribution in [3.63, 3.8) is 0 Å². The van der Waals surface area contributed by atoms with Crippen molar-refractivity contribution in [1.82, 2.24) is 4.57 Å². The molecule has 0 spiro atoms. The third kappa shape index (κ3) is 4.75. The van der Waals surface area contributed by atoms with E-state index < -0.39 is 5.97 Å². The molecule has 3 heterocycles. The Balaban J connectivity index is 1.52. The maximum atomic E-state index is 13.5. The van der Waals surface area contributed by atoms with Crippen LogP contribution in [-0.4, -0.2) is 23.1 Å². The number of thiophene rings is 2. The lowest BCUT2D eigenvalue weighted by Gasteiger charge is -2.12. The molecule has 176 valence electrons. The predicted octanol–water partition coefficient (Wildman–Crippen LogP) is 7.56. The van der Waals surface area contributed by atoms with Gasteiger partial charge in [-0.25, -0.2) is 4.79 Å². The third-order valence-electron chi connectivity index (χ3n) is 5.59. The molecule has 8 heteroatoms. The van der Waals surface area contributed by atoms with E-state index in [0.29, 0.717) is 33.4 Å². The lowest BCUT2D eigenvalue weighted by molar-refractivity contribution is 0.0529. The standard InChI is InChI=1S/C27H21ClN2O3S2/c1-2-33-27(32)24-20(18-8-10-19(28)11-9-18)16-35-26(24)29-25(31)22-14-23-21(12-13-34-23)30(22)15-17-6-4-3-5-7-17/h3-14,16H,2,15H2,1H3,(H,29,31). The maximum Gasteiger partial charge on any atom is 0.341 e. The van der Waals surface area contributed by atoms with Crippen molar-refractivity contribution in [1.29, 1.82) is 0 Å². The van der Waals surface area contributed by atoms with Gasteiger partial charge in [0, 0.05) is 22.5 Å². The molecule has 1 N–H and O–H groups in total. The molecular formula is C27H21ClN2O3S2. The molecule has 0 aliphatic heterocycles. The van der Waals surface area contributed by atoms with Crippen LogP contribution in [0.5, 0.6) is 0 Å². The second kappa shape index (κ2) is 10.1. The minimum Gasteiger partial charge on any atom is -0.462 e. The highest BCUT2D eigenvalue weighted by Crippen LogP contribution is 2.37. The Morgan fingerprint density at radius 3 is 2.54 bits per heavy atom. The molecule has 0 saturated carbocycles. The summed E-state index contributed by atoms with van der Waals surface area (Å²) < 4.78 is 8.37. The Hall–Kier alpha value is -3.39. The van der Waals surface area contributed by atoms with Crippen LogP contribution in [0.15, 0.2) is 77.5 Å². The molecule has 0 aliphatic carbocycles. The number of hydrogen-bond donors (Lipinski definition) is 1. The van der Waals surface area contributed by atoms with Crippen molar-refractivity contribution in [2.45, 2.75) is 13.5 Å². The van der Waals surface area contributed by atoms with E-state index >= 15 is 0 Å². The fraction of sp³-hybridized carbons (Fsp3) is 0.111. The molecule has 1 amide bonds. The summed E-state index contributed by atoms with van der Waals surface area (Å²) in [6.07, 6.45) is 0. The SMILES string of the molecule is CCOC(=O)c1c(-c2ccc(Cl)cc2)csc1NC(=O)c1cc2sccc2n1Cc1ccccc1. The molecule has 2 aromatic carbocycles. The van der Waals surface area contributed by atoms with Gasteiger partial charge in [-0.05, 0) is 47.7 Å². The van der Waals surface area contributed by atoms with Gasteiger partial charge < -0.3 is 14.6 Å². The number of carbonyl (C=O) groups is 2. The smallest absolute Gasteiger partial charge is 0.341 e. The highest BCUT2D eigenvalue weighted by atomic mass is 35.5. The van der Waals surface area contributed by atoms with Crippen LogP contribution in [-0.2, 0) is 11.3 Å². The lowest BCUT2D eigenvalue weighted by Crippen LogP contribution is -2.18. The molecule has 0 saturated heterocycles. The van der Waals surface area contributed by atoms with E-state index in [0.717, 1.165) is 21.3 Å². The van der Waals surface area contributed by atoms with Crippen LogP contribution in [0.25, 0.3) is 21.3 Å². The molecule has 0 fully saturated rings. The number of fused-ring (bicyclic) bond motifs is 1. The van der Waals surface area contributed by atoms with Gasteiger partial charge in [-0.2, -0.15) is 0 Å². The zero-order valence-electron chi connectivity index (χ0n) is 18.8. The van der Waals surface area contributed by atoms with Crippen LogP contribution in [0, 0.1) is 0 Å². The highest BCUT2D eigenvalue weighted by Gasteiger charge is 2.25. The number of halogens is 1. The van der Waals surface area contributed by atoms with Crippen LogP contribution >= 0.6 is 34.3 Å². The van der Waals surface area contributed by atoms with Crippen LogP contribution in [0.2, 0.25) is 5.02 Å². The predicted molar refractivity (Wildman–Crippen MR) is 144 cm³/mol. The van der Waals surface area contributed by atoms with Crippen molar-refractivity contribution >= 4 is 61.4 Å². The molecule has 0 radical (unpaired) electrons. The summed E-state index contributed by atoms with van der Waals surface area (Å²) in [7, 11) is 0. The molecule has 5 aromatic rings.